The maximum Gasteiger partial charge on any atom is 0.308 e. The molecule has 8 heteroatoms. The Morgan fingerprint density at radius 3 is 2.25 bits per heavy atom. The average molecular weight is 506 g/mol. The highest BCUT2D eigenvalue weighted by molar-refractivity contribution is 5.72. The summed E-state index contributed by atoms with van der Waals surface area (Å²) in [6, 6.07) is 2.08. The number of hydrogen-bond donors (Lipinski definition) is 4. The minimum absolute atomic E-state index is 0.0936. The number of nitrogens with zero attached hydrogens (tertiary/aromatic N) is 1. The van der Waals surface area contributed by atoms with Crippen LogP contribution in [0.25, 0.3) is 0 Å². The first-order valence-electron chi connectivity index (χ1n) is 13.2. The van der Waals surface area contributed by atoms with Crippen molar-refractivity contribution in [2.24, 2.45) is 35.5 Å². The lowest BCUT2D eigenvalue weighted by Gasteiger charge is -2.28. The van der Waals surface area contributed by atoms with Crippen molar-refractivity contribution in [1.82, 2.24) is 0 Å². The van der Waals surface area contributed by atoms with Crippen molar-refractivity contribution in [3.8, 4) is 6.07 Å². The number of aliphatic hydroxyl groups excluding tert-OH is 3. The Kier molecular flexibility index (Phi) is 11.6. The molecule has 0 aromatic heterocycles. The van der Waals surface area contributed by atoms with Crippen LogP contribution < -0.4 is 0 Å². The molecular weight excluding hydrogens is 462 g/mol. The van der Waals surface area contributed by atoms with Crippen molar-refractivity contribution in [1.29, 1.82) is 5.26 Å². The van der Waals surface area contributed by atoms with E-state index < -0.39 is 48.2 Å². The molecule has 0 radical (unpaired) electrons. The molecule has 1 aliphatic carbocycles. The minimum atomic E-state index is -1.04. The van der Waals surface area contributed by atoms with Gasteiger partial charge < -0.3 is 25.2 Å². The fourth-order valence-electron chi connectivity index (χ4n) is 5.96. The van der Waals surface area contributed by atoms with Crippen LogP contribution in [0.4, 0.5) is 0 Å². The summed E-state index contributed by atoms with van der Waals surface area (Å²) in [6.45, 7) is 8.06. The monoisotopic (exact) mass is 505 g/mol. The molecule has 36 heavy (non-hydrogen) atoms. The number of aliphatic carboxylic acids is 1. The van der Waals surface area contributed by atoms with Crippen molar-refractivity contribution in [3.05, 3.63) is 23.8 Å². The van der Waals surface area contributed by atoms with Crippen molar-refractivity contribution < 1.29 is 34.8 Å². The number of carboxylic acid groups (broad SMARTS) is 1. The fourth-order valence-corrected chi connectivity index (χ4v) is 5.96. The van der Waals surface area contributed by atoms with Gasteiger partial charge in [-0.25, -0.2) is 0 Å². The summed E-state index contributed by atoms with van der Waals surface area (Å²) in [4.78, 5) is 24.6. The Morgan fingerprint density at radius 1 is 1.00 bits per heavy atom. The average Bonchev–Trinajstić information content (AvgIpc) is 3.18. The summed E-state index contributed by atoms with van der Waals surface area (Å²) >= 11 is 0. The third kappa shape index (κ3) is 8.72. The van der Waals surface area contributed by atoms with Gasteiger partial charge in [-0.05, 0) is 61.9 Å². The van der Waals surface area contributed by atoms with Gasteiger partial charge in [-0.1, -0.05) is 39.8 Å². The normalized spacial score (nSPS) is 42.2. The predicted molar refractivity (Wildman–Crippen MR) is 134 cm³/mol. The number of allylic oxidation sites excluding steroid dienone is 2. The summed E-state index contributed by atoms with van der Waals surface area (Å²) in [5, 5.41) is 50.8. The maximum atomic E-state index is 12.8. The van der Waals surface area contributed by atoms with Crippen LogP contribution in [0.3, 0.4) is 0 Å². The molecule has 1 fully saturated rings. The van der Waals surface area contributed by atoms with Crippen LogP contribution in [0.5, 0.6) is 0 Å². The summed E-state index contributed by atoms with van der Waals surface area (Å²) in [6.07, 6.45) is 4.14. The number of hydrogen-bond acceptors (Lipinski definition) is 7. The van der Waals surface area contributed by atoms with Gasteiger partial charge in [0.2, 0.25) is 0 Å². The highest BCUT2D eigenvalue weighted by Crippen LogP contribution is 2.37. The molecule has 202 valence electrons. The van der Waals surface area contributed by atoms with Gasteiger partial charge in [-0.3, -0.25) is 9.59 Å². The second kappa shape index (κ2) is 13.9. The van der Waals surface area contributed by atoms with Gasteiger partial charge in [0.15, 0.2) is 0 Å². The number of carbonyl (C=O) groups is 2. The highest BCUT2D eigenvalue weighted by Gasteiger charge is 2.43. The van der Waals surface area contributed by atoms with Gasteiger partial charge in [0, 0.05) is 12.3 Å². The molecule has 1 aliphatic heterocycles. The molecule has 0 saturated heterocycles. The topological polar surface area (TPSA) is 148 Å². The summed E-state index contributed by atoms with van der Waals surface area (Å²) < 4.78 is 5.70. The molecule has 2 rings (SSSR count). The molecule has 8 nitrogen and oxygen atoms in total. The third-order valence-electron chi connectivity index (χ3n) is 7.82. The van der Waals surface area contributed by atoms with E-state index in [4.69, 9.17) is 4.74 Å². The van der Waals surface area contributed by atoms with E-state index in [1.165, 1.54) is 0 Å². The second-order valence-corrected chi connectivity index (χ2v) is 11.2. The summed E-state index contributed by atoms with van der Waals surface area (Å²) in [5.41, 5.74) is 0.241. The zero-order valence-electron chi connectivity index (χ0n) is 21.9. The van der Waals surface area contributed by atoms with Gasteiger partial charge in [0.25, 0.3) is 0 Å². The first-order chi connectivity index (χ1) is 16.9. The lowest BCUT2D eigenvalue weighted by Crippen LogP contribution is -2.34. The van der Waals surface area contributed by atoms with Crippen molar-refractivity contribution in [2.45, 2.75) is 97.1 Å². The summed E-state index contributed by atoms with van der Waals surface area (Å²) in [7, 11) is 0. The maximum absolute atomic E-state index is 12.8. The van der Waals surface area contributed by atoms with Crippen LogP contribution in [0, 0.1) is 46.8 Å². The number of aliphatic hydroxyl groups is 3. The Balaban J connectivity index is 2.33. The molecule has 0 aromatic rings. The number of nitriles is 1. The minimum Gasteiger partial charge on any atom is -0.481 e. The van der Waals surface area contributed by atoms with Crippen molar-refractivity contribution in [2.75, 3.05) is 0 Å². The van der Waals surface area contributed by atoms with E-state index in [0.717, 1.165) is 19.3 Å². The zero-order valence-corrected chi connectivity index (χ0v) is 21.9. The highest BCUT2D eigenvalue weighted by atomic mass is 16.5. The van der Waals surface area contributed by atoms with Crippen LogP contribution in [-0.2, 0) is 14.3 Å². The molecule has 1 heterocycles. The molecule has 0 bridgehead atoms. The van der Waals surface area contributed by atoms with Gasteiger partial charge in [0.1, 0.15) is 6.10 Å². The van der Waals surface area contributed by atoms with Crippen molar-refractivity contribution in [3.63, 3.8) is 0 Å². The van der Waals surface area contributed by atoms with Gasteiger partial charge in [0.05, 0.1) is 42.3 Å². The van der Waals surface area contributed by atoms with Crippen LogP contribution >= 0.6 is 0 Å². The number of rotatable bonds is 2. The largest absolute Gasteiger partial charge is 0.481 e. The molecule has 4 N–H and O–H groups in total. The lowest BCUT2D eigenvalue weighted by molar-refractivity contribution is -0.159. The van der Waals surface area contributed by atoms with Crippen molar-refractivity contribution >= 4 is 11.9 Å². The van der Waals surface area contributed by atoms with E-state index >= 15 is 0 Å². The van der Waals surface area contributed by atoms with E-state index in [0.29, 0.717) is 11.8 Å². The summed E-state index contributed by atoms with van der Waals surface area (Å²) in [5.74, 6) is -2.69. The van der Waals surface area contributed by atoms with Crippen LogP contribution in [0.15, 0.2) is 23.8 Å². The SMILES string of the molecule is C[C@@H]1C[C@H](C)C[C@H](C)[C@@H](O)CC(=O)O[C@H]([C@@H]2C[C@H](O)C[C@H]2C(=O)O)C/C=C\C=C(\C#N)[C@H](O)[C@@H](C)C1. The van der Waals surface area contributed by atoms with E-state index in [2.05, 4.69) is 19.9 Å². The van der Waals surface area contributed by atoms with Gasteiger partial charge >= 0.3 is 11.9 Å². The Bertz CT molecular complexity index is 847. The van der Waals surface area contributed by atoms with Crippen LogP contribution in [0.2, 0.25) is 0 Å². The van der Waals surface area contributed by atoms with E-state index in [1.807, 2.05) is 13.8 Å². The van der Waals surface area contributed by atoms with Gasteiger partial charge in [-0.2, -0.15) is 5.26 Å². The number of carbonyl (C=O) groups excluding carboxylic acids is 1. The smallest absolute Gasteiger partial charge is 0.308 e. The molecular formula is C28H43NO7. The fraction of sp³-hybridized carbons (Fsp3) is 0.750. The molecule has 0 spiro atoms. The number of ether oxygens (including phenoxy) is 1. The molecule has 1 saturated carbocycles. The Labute approximate surface area is 214 Å². The predicted octanol–water partition coefficient (Wildman–Crippen LogP) is 3.61. The molecule has 0 unspecified atom stereocenters. The van der Waals surface area contributed by atoms with E-state index in [1.54, 1.807) is 18.2 Å². The number of carboxylic acids is 1. The third-order valence-corrected chi connectivity index (χ3v) is 7.82. The van der Waals surface area contributed by atoms with Crippen LogP contribution in [-0.4, -0.2) is 56.8 Å². The Morgan fingerprint density at radius 2 is 1.64 bits per heavy atom. The zero-order chi connectivity index (χ0) is 27.0. The Hall–Kier alpha value is -2.21. The molecule has 0 aromatic carbocycles. The molecule has 0 amide bonds. The standard InChI is InChI=1S/C28H43NO7/c1-16-9-17(2)11-19(4)27(33)20(15-29)7-5-6-8-25(22-12-21(30)13-23(22)28(34)35)36-26(32)14-24(31)18(3)10-16/h5-7,16-19,21-25,27,30-31,33H,8-14H2,1-4H3,(H,34,35)/b6-5-,20-7-/t16-,17+,18-,19-,21-,22+,23+,24-,25-,27+/m0/s1. The van der Waals surface area contributed by atoms with E-state index in [9.17, 15) is 35.3 Å². The number of cyclic esters (lactones) is 1. The molecule has 2 aliphatic rings. The van der Waals surface area contributed by atoms with Crippen LogP contribution in [0.1, 0.15) is 72.6 Å². The first-order valence-corrected chi connectivity index (χ1v) is 13.2. The second-order valence-electron chi connectivity index (χ2n) is 11.2. The molecule has 10 atom stereocenters. The quantitative estimate of drug-likeness (QED) is 0.416. The lowest BCUT2D eigenvalue weighted by atomic mass is 9.82. The van der Waals surface area contributed by atoms with E-state index in [-0.39, 0.29) is 43.1 Å². The van der Waals surface area contributed by atoms with Gasteiger partial charge in [-0.15, -0.1) is 0 Å². The number of esters is 1. The first kappa shape index (κ1) is 30.0.